The van der Waals surface area contributed by atoms with Gasteiger partial charge in [-0.1, -0.05) is 12.1 Å². The van der Waals surface area contributed by atoms with Crippen LogP contribution in [0, 0.1) is 5.92 Å². The largest absolute Gasteiger partial charge is 0.314 e. The van der Waals surface area contributed by atoms with Gasteiger partial charge in [-0.3, -0.25) is 0 Å². The van der Waals surface area contributed by atoms with Crippen molar-refractivity contribution in [1.82, 2.24) is 5.32 Å². The van der Waals surface area contributed by atoms with Gasteiger partial charge in [-0.05, 0) is 56.3 Å². The lowest BCUT2D eigenvalue weighted by Gasteiger charge is -2.12. The number of hydrogen-bond donors (Lipinski definition) is 2. The molecular weight excluding hydrogens is 248 g/mol. The Balaban J connectivity index is 1.82. The van der Waals surface area contributed by atoms with Crippen LogP contribution in [0.4, 0.5) is 0 Å². The zero-order valence-corrected chi connectivity index (χ0v) is 11.4. The zero-order valence-electron chi connectivity index (χ0n) is 10.6. The molecule has 2 rings (SSSR count). The topological polar surface area (TPSA) is 72.2 Å². The minimum atomic E-state index is -3.57. The van der Waals surface area contributed by atoms with Gasteiger partial charge in [-0.25, -0.2) is 13.6 Å². The van der Waals surface area contributed by atoms with Crippen LogP contribution >= 0.6 is 0 Å². The summed E-state index contributed by atoms with van der Waals surface area (Å²) in [4.78, 5) is 0.172. The molecule has 0 aromatic heterocycles. The molecule has 0 radical (unpaired) electrons. The second kappa shape index (κ2) is 5.38. The highest BCUT2D eigenvalue weighted by Gasteiger charge is 2.27. The predicted octanol–water partition coefficient (Wildman–Crippen LogP) is 1.26. The first-order valence-corrected chi connectivity index (χ1v) is 7.86. The highest BCUT2D eigenvalue weighted by molar-refractivity contribution is 7.89. The van der Waals surface area contributed by atoms with E-state index in [9.17, 15) is 8.42 Å². The Hall–Kier alpha value is -0.910. The normalized spacial score (nSPS) is 17.7. The van der Waals surface area contributed by atoms with E-state index in [0.29, 0.717) is 6.04 Å². The molecule has 1 fully saturated rings. The van der Waals surface area contributed by atoms with Crippen LogP contribution in [0.25, 0.3) is 0 Å². The van der Waals surface area contributed by atoms with Crippen molar-refractivity contribution in [2.24, 2.45) is 11.1 Å². The zero-order chi connectivity index (χ0) is 13.2. The number of hydrogen-bond acceptors (Lipinski definition) is 3. The lowest BCUT2D eigenvalue weighted by atomic mass is 10.1. The Kier molecular flexibility index (Phi) is 4.04. The molecule has 1 saturated carbocycles. The van der Waals surface area contributed by atoms with E-state index in [1.165, 1.54) is 12.8 Å². The number of rotatable bonds is 6. The van der Waals surface area contributed by atoms with E-state index in [1.807, 2.05) is 12.1 Å². The van der Waals surface area contributed by atoms with E-state index in [0.717, 1.165) is 24.4 Å². The Morgan fingerprint density at radius 3 is 2.44 bits per heavy atom. The van der Waals surface area contributed by atoms with Crippen LogP contribution < -0.4 is 10.5 Å². The number of nitrogens with two attached hydrogens (primary N) is 1. The lowest BCUT2D eigenvalue weighted by molar-refractivity contribution is 0.500. The smallest absolute Gasteiger partial charge is 0.238 e. The fraction of sp³-hybridized carbons (Fsp3) is 0.538. The summed E-state index contributed by atoms with van der Waals surface area (Å²) in [6, 6.07) is 7.37. The Bertz CT molecular complexity index is 492. The first-order chi connectivity index (χ1) is 8.47. The van der Waals surface area contributed by atoms with Gasteiger partial charge < -0.3 is 5.32 Å². The number of primary sulfonamides is 1. The lowest BCUT2D eigenvalue weighted by Crippen LogP contribution is -2.29. The molecule has 0 heterocycles. The summed E-state index contributed by atoms with van der Waals surface area (Å²) in [6.07, 6.45) is 3.59. The molecule has 1 aliphatic rings. The van der Waals surface area contributed by atoms with E-state index in [1.54, 1.807) is 12.1 Å². The molecule has 0 saturated heterocycles. The summed E-state index contributed by atoms with van der Waals surface area (Å²) < 4.78 is 22.2. The molecule has 1 atom stereocenters. The van der Waals surface area contributed by atoms with Crippen molar-refractivity contribution in [3.63, 3.8) is 0 Å². The van der Waals surface area contributed by atoms with E-state index in [-0.39, 0.29) is 4.90 Å². The Labute approximate surface area is 109 Å². The average molecular weight is 268 g/mol. The third kappa shape index (κ3) is 3.80. The molecule has 1 aromatic rings. The average Bonchev–Trinajstić information content (AvgIpc) is 3.12. The monoisotopic (exact) mass is 268 g/mol. The molecule has 100 valence electrons. The van der Waals surface area contributed by atoms with Crippen molar-refractivity contribution in [2.75, 3.05) is 6.54 Å². The second-order valence-corrected chi connectivity index (χ2v) is 6.58. The highest BCUT2D eigenvalue weighted by atomic mass is 32.2. The van der Waals surface area contributed by atoms with Gasteiger partial charge in [0.05, 0.1) is 4.90 Å². The number of nitrogens with one attached hydrogen (secondary N) is 1. The van der Waals surface area contributed by atoms with Crippen LogP contribution in [0.15, 0.2) is 29.2 Å². The Morgan fingerprint density at radius 1 is 1.33 bits per heavy atom. The van der Waals surface area contributed by atoms with Crippen molar-refractivity contribution >= 4 is 10.0 Å². The van der Waals surface area contributed by atoms with Crippen LogP contribution in [0.1, 0.15) is 25.3 Å². The van der Waals surface area contributed by atoms with Crippen molar-refractivity contribution in [3.8, 4) is 0 Å². The molecule has 1 aliphatic carbocycles. The summed E-state index contributed by atoms with van der Waals surface area (Å²) in [7, 11) is -3.57. The molecule has 3 N–H and O–H groups in total. The molecular formula is C13H20N2O2S. The van der Waals surface area contributed by atoms with E-state index in [2.05, 4.69) is 12.2 Å². The number of sulfonamides is 1. The summed E-state index contributed by atoms with van der Waals surface area (Å²) in [5, 5.41) is 8.54. The number of benzene rings is 1. The SMILES string of the molecule is CC(NCCc1ccc(S(N)(=O)=O)cc1)C1CC1. The molecule has 0 aliphatic heterocycles. The van der Waals surface area contributed by atoms with Gasteiger partial charge in [-0.2, -0.15) is 0 Å². The molecule has 18 heavy (non-hydrogen) atoms. The van der Waals surface area contributed by atoms with Crippen LogP contribution in [-0.2, 0) is 16.4 Å². The quantitative estimate of drug-likeness (QED) is 0.816. The van der Waals surface area contributed by atoms with Gasteiger partial charge in [0, 0.05) is 6.04 Å². The molecule has 1 unspecified atom stereocenters. The molecule has 0 bridgehead atoms. The summed E-state index contributed by atoms with van der Waals surface area (Å²) in [5.41, 5.74) is 1.12. The minimum Gasteiger partial charge on any atom is -0.314 e. The third-order valence-electron chi connectivity index (χ3n) is 3.46. The maximum atomic E-state index is 11.1. The summed E-state index contributed by atoms with van der Waals surface area (Å²) in [5.74, 6) is 0.856. The van der Waals surface area contributed by atoms with Crippen LogP contribution in [0.3, 0.4) is 0 Å². The maximum Gasteiger partial charge on any atom is 0.238 e. The maximum absolute atomic E-state index is 11.1. The Morgan fingerprint density at radius 2 is 1.94 bits per heavy atom. The van der Waals surface area contributed by atoms with Gasteiger partial charge in [0.25, 0.3) is 0 Å². The van der Waals surface area contributed by atoms with Crippen molar-refractivity contribution in [2.45, 2.75) is 37.1 Å². The molecule has 4 nitrogen and oxygen atoms in total. The predicted molar refractivity (Wildman–Crippen MR) is 71.7 cm³/mol. The highest BCUT2D eigenvalue weighted by Crippen LogP contribution is 2.32. The molecule has 0 amide bonds. The van der Waals surface area contributed by atoms with E-state index < -0.39 is 10.0 Å². The van der Waals surface area contributed by atoms with E-state index in [4.69, 9.17) is 5.14 Å². The van der Waals surface area contributed by atoms with Crippen molar-refractivity contribution in [1.29, 1.82) is 0 Å². The second-order valence-electron chi connectivity index (χ2n) is 5.02. The molecule has 5 heteroatoms. The third-order valence-corrected chi connectivity index (χ3v) is 4.39. The van der Waals surface area contributed by atoms with Crippen LogP contribution in [-0.4, -0.2) is 21.0 Å². The standard InChI is InChI=1S/C13H20N2O2S/c1-10(12-4-5-12)15-9-8-11-2-6-13(7-3-11)18(14,16)17/h2-3,6-7,10,12,15H,4-5,8-9H2,1H3,(H2,14,16,17). The first-order valence-electron chi connectivity index (χ1n) is 6.32. The van der Waals surface area contributed by atoms with Gasteiger partial charge in [0.1, 0.15) is 0 Å². The fourth-order valence-electron chi connectivity index (χ4n) is 2.05. The fourth-order valence-corrected chi connectivity index (χ4v) is 2.57. The molecule has 0 spiro atoms. The first kappa shape index (κ1) is 13.5. The van der Waals surface area contributed by atoms with E-state index >= 15 is 0 Å². The van der Waals surface area contributed by atoms with Gasteiger partial charge in [-0.15, -0.1) is 0 Å². The van der Waals surface area contributed by atoms with Crippen LogP contribution in [0.5, 0.6) is 0 Å². The van der Waals surface area contributed by atoms with Crippen molar-refractivity contribution in [3.05, 3.63) is 29.8 Å². The van der Waals surface area contributed by atoms with Gasteiger partial charge in [0.2, 0.25) is 10.0 Å². The summed E-state index contributed by atoms with van der Waals surface area (Å²) >= 11 is 0. The summed E-state index contributed by atoms with van der Waals surface area (Å²) in [6.45, 7) is 3.15. The van der Waals surface area contributed by atoms with Gasteiger partial charge in [0.15, 0.2) is 0 Å². The van der Waals surface area contributed by atoms with Crippen molar-refractivity contribution < 1.29 is 8.42 Å². The molecule has 1 aromatic carbocycles. The van der Waals surface area contributed by atoms with Crippen LogP contribution in [0.2, 0.25) is 0 Å². The van der Waals surface area contributed by atoms with Gasteiger partial charge >= 0.3 is 0 Å². The minimum absolute atomic E-state index is 0.172.